The lowest BCUT2D eigenvalue weighted by Crippen LogP contribution is -2.33. The van der Waals surface area contributed by atoms with Crippen LogP contribution in [0.1, 0.15) is 12.1 Å². The number of nitrogens with one attached hydrogen (secondary N) is 2. The molecular formula is C12H15F3N4. The molecule has 1 saturated heterocycles. The maximum atomic E-state index is 13.1. The van der Waals surface area contributed by atoms with Crippen molar-refractivity contribution in [1.82, 2.24) is 15.3 Å². The summed E-state index contributed by atoms with van der Waals surface area (Å²) in [6.07, 6.45) is -2.36. The zero-order chi connectivity index (χ0) is 13.7. The first-order valence-electron chi connectivity index (χ1n) is 6.20. The van der Waals surface area contributed by atoms with Gasteiger partial charge in [0.2, 0.25) is 5.95 Å². The minimum absolute atomic E-state index is 0.0207. The SMILES string of the molecule is Cc1ccnc(NC[C@@]23CNC[C@]2(C(F)(F)F)C3)n1. The van der Waals surface area contributed by atoms with Gasteiger partial charge in [0.1, 0.15) is 0 Å². The van der Waals surface area contributed by atoms with E-state index in [9.17, 15) is 13.2 Å². The third kappa shape index (κ3) is 1.79. The molecule has 0 amide bonds. The zero-order valence-electron chi connectivity index (χ0n) is 10.5. The summed E-state index contributed by atoms with van der Waals surface area (Å²) in [6.45, 7) is 2.49. The van der Waals surface area contributed by atoms with Crippen molar-refractivity contribution in [2.45, 2.75) is 19.5 Å². The summed E-state index contributed by atoms with van der Waals surface area (Å²) >= 11 is 0. The molecule has 1 aliphatic carbocycles. The highest BCUT2D eigenvalue weighted by Crippen LogP contribution is 2.72. The maximum Gasteiger partial charge on any atom is 0.396 e. The van der Waals surface area contributed by atoms with Gasteiger partial charge >= 0.3 is 6.18 Å². The highest BCUT2D eigenvalue weighted by Gasteiger charge is 2.81. The Kier molecular flexibility index (Phi) is 2.54. The Labute approximate surface area is 108 Å². The summed E-state index contributed by atoms with van der Waals surface area (Å²) in [5.74, 6) is 0.393. The molecule has 0 unspecified atom stereocenters. The highest BCUT2D eigenvalue weighted by molar-refractivity contribution is 5.32. The van der Waals surface area contributed by atoms with Gasteiger partial charge in [0.25, 0.3) is 0 Å². The minimum Gasteiger partial charge on any atom is -0.354 e. The molecule has 4 nitrogen and oxygen atoms in total. The van der Waals surface area contributed by atoms with E-state index < -0.39 is 17.0 Å². The van der Waals surface area contributed by atoms with Crippen molar-refractivity contribution in [3.8, 4) is 0 Å². The molecule has 0 spiro atoms. The lowest BCUT2D eigenvalue weighted by molar-refractivity contribution is -0.190. The number of hydrogen-bond acceptors (Lipinski definition) is 4. The van der Waals surface area contributed by atoms with Crippen molar-refractivity contribution in [2.75, 3.05) is 25.0 Å². The molecule has 2 aliphatic rings. The van der Waals surface area contributed by atoms with E-state index >= 15 is 0 Å². The van der Waals surface area contributed by atoms with Crippen LogP contribution in [0.25, 0.3) is 0 Å². The zero-order valence-corrected chi connectivity index (χ0v) is 10.5. The maximum absolute atomic E-state index is 13.1. The fourth-order valence-corrected chi connectivity index (χ4v) is 3.11. The first kappa shape index (κ1) is 12.7. The normalized spacial score (nSPS) is 33.1. The Hall–Kier alpha value is -1.37. The van der Waals surface area contributed by atoms with Crippen LogP contribution in [0.2, 0.25) is 0 Å². The van der Waals surface area contributed by atoms with Crippen LogP contribution < -0.4 is 10.6 Å². The number of alkyl halides is 3. The lowest BCUT2D eigenvalue weighted by atomic mass is 9.95. The molecule has 3 rings (SSSR count). The largest absolute Gasteiger partial charge is 0.396 e. The number of fused-ring (bicyclic) bond motifs is 1. The first-order chi connectivity index (χ1) is 8.89. The number of piperidine rings is 1. The summed E-state index contributed by atoms with van der Waals surface area (Å²) in [5.41, 5.74) is -1.51. The van der Waals surface area contributed by atoms with Crippen molar-refractivity contribution >= 4 is 5.95 Å². The second-order valence-electron chi connectivity index (χ2n) is 5.52. The van der Waals surface area contributed by atoms with E-state index in [0.717, 1.165) is 5.69 Å². The Morgan fingerprint density at radius 3 is 2.84 bits per heavy atom. The average molecular weight is 272 g/mol. The van der Waals surface area contributed by atoms with Crippen molar-refractivity contribution in [3.05, 3.63) is 18.0 Å². The van der Waals surface area contributed by atoms with E-state index in [1.54, 1.807) is 12.3 Å². The van der Waals surface area contributed by atoms with Gasteiger partial charge in [-0.1, -0.05) is 0 Å². The Bertz CT molecular complexity index is 504. The van der Waals surface area contributed by atoms with Gasteiger partial charge < -0.3 is 10.6 Å². The number of nitrogens with zero attached hydrogens (tertiary/aromatic N) is 2. The van der Waals surface area contributed by atoms with Crippen molar-refractivity contribution in [2.24, 2.45) is 10.8 Å². The second kappa shape index (κ2) is 3.82. The molecule has 2 heterocycles. The lowest BCUT2D eigenvalue weighted by Gasteiger charge is -2.20. The smallest absolute Gasteiger partial charge is 0.354 e. The molecule has 19 heavy (non-hydrogen) atoms. The standard InChI is InChI=1S/C12H15F3N4/c1-8-2-3-17-9(19-8)18-6-10-4-11(10,7-16-5-10)12(13,14)15/h2-3,16H,4-7H2,1H3,(H,17,18,19)/t10-,11-/m1/s1. The monoisotopic (exact) mass is 272 g/mol. The van der Waals surface area contributed by atoms with Crippen LogP contribution in [-0.4, -0.2) is 35.8 Å². The van der Waals surface area contributed by atoms with Crippen LogP contribution >= 0.6 is 0 Å². The van der Waals surface area contributed by atoms with E-state index in [0.29, 0.717) is 12.5 Å². The summed E-state index contributed by atoms with van der Waals surface area (Å²) < 4.78 is 39.4. The predicted molar refractivity (Wildman–Crippen MR) is 63.7 cm³/mol. The highest BCUT2D eigenvalue weighted by atomic mass is 19.4. The van der Waals surface area contributed by atoms with E-state index in [-0.39, 0.29) is 19.5 Å². The number of rotatable bonds is 3. The van der Waals surface area contributed by atoms with Gasteiger partial charge in [-0.2, -0.15) is 13.2 Å². The van der Waals surface area contributed by atoms with Crippen LogP contribution in [0.5, 0.6) is 0 Å². The number of halogens is 3. The molecule has 2 fully saturated rings. The minimum atomic E-state index is -4.15. The van der Waals surface area contributed by atoms with Gasteiger partial charge in [0.15, 0.2) is 0 Å². The Morgan fingerprint density at radius 1 is 1.42 bits per heavy atom. The second-order valence-corrected chi connectivity index (χ2v) is 5.52. The van der Waals surface area contributed by atoms with Gasteiger partial charge in [-0.25, -0.2) is 9.97 Å². The molecule has 0 bridgehead atoms. The third-order valence-electron chi connectivity index (χ3n) is 4.34. The van der Waals surface area contributed by atoms with E-state index in [4.69, 9.17) is 0 Å². The molecule has 1 aromatic rings. The van der Waals surface area contributed by atoms with Crippen molar-refractivity contribution < 1.29 is 13.2 Å². The molecule has 2 N–H and O–H groups in total. The fourth-order valence-electron chi connectivity index (χ4n) is 3.11. The number of anilines is 1. The van der Waals surface area contributed by atoms with Crippen LogP contribution in [0.15, 0.2) is 12.3 Å². The average Bonchev–Trinajstić information content (AvgIpc) is 2.85. The number of aromatic nitrogens is 2. The van der Waals surface area contributed by atoms with Gasteiger partial charge in [-0.05, 0) is 19.4 Å². The quantitative estimate of drug-likeness (QED) is 0.880. The Balaban J connectivity index is 1.72. The first-order valence-corrected chi connectivity index (χ1v) is 6.20. The molecule has 1 aromatic heterocycles. The predicted octanol–water partition coefficient (Wildman–Crippen LogP) is 1.74. The Morgan fingerprint density at radius 2 is 2.21 bits per heavy atom. The summed E-state index contributed by atoms with van der Waals surface area (Å²) in [4.78, 5) is 8.16. The number of hydrogen-bond donors (Lipinski definition) is 2. The van der Waals surface area contributed by atoms with Gasteiger partial charge in [-0.15, -0.1) is 0 Å². The van der Waals surface area contributed by atoms with Crippen LogP contribution in [0, 0.1) is 17.8 Å². The molecule has 104 valence electrons. The van der Waals surface area contributed by atoms with Crippen LogP contribution in [-0.2, 0) is 0 Å². The molecule has 0 aromatic carbocycles. The van der Waals surface area contributed by atoms with Gasteiger partial charge in [-0.3, -0.25) is 0 Å². The summed E-state index contributed by atoms with van der Waals surface area (Å²) in [7, 11) is 0. The van der Waals surface area contributed by atoms with E-state index in [1.807, 2.05) is 6.92 Å². The van der Waals surface area contributed by atoms with E-state index in [1.165, 1.54) is 0 Å². The van der Waals surface area contributed by atoms with Gasteiger partial charge in [0.05, 0.1) is 5.41 Å². The molecular weight excluding hydrogens is 257 g/mol. The van der Waals surface area contributed by atoms with Gasteiger partial charge in [0, 0.05) is 36.9 Å². The van der Waals surface area contributed by atoms with Crippen molar-refractivity contribution in [3.63, 3.8) is 0 Å². The third-order valence-corrected chi connectivity index (χ3v) is 4.34. The fraction of sp³-hybridized carbons (Fsp3) is 0.667. The molecule has 7 heteroatoms. The van der Waals surface area contributed by atoms with Crippen LogP contribution in [0.3, 0.4) is 0 Å². The number of aryl methyl sites for hydroxylation is 1. The van der Waals surface area contributed by atoms with Crippen LogP contribution in [0.4, 0.5) is 19.1 Å². The molecule has 2 atom stereocenters. The van der Waals surface area contributed by atoms with E-state index in [2.05, 4.69) is 20.6 Å². The summed E-state index contributed by atoms with van der Waals surface area (Å²) in [5, 5.41) is 5.80. The summed E-state index contributed by atoms with van der Waals surface area (Å²) in [6, 6.07) is 1.75. The topological polar surface area (TPSA) is 49.8 Å². The molecule has 1 saturated carbocycles. The van der Waals surface area contributed by atoms with Crippen molar-refractivity contribution in [1.29, 1.82) is 0 Å². The molecule has 1 aliphatic heterocycles. The molecule has 0 radical (unpaired) electrons.